The molecule has 0 spiro atoms. The van der Waals surface area contributed by atoms with Crippen LogP contribution >= 0.6 is 7.37 Å². The van der Waals surface area contributed by atoms with Crippen molar-refractivity contribution in [3.8, 4) is 0 Å². The van der Waals surface area contributed by atoms with Crippen LogP contribution in [0.2, 0.25) is 19.6 Å². The second-order valence-electron chi connectivity index (χ2n) is 5.00. The van der Waals surface area contributed by atoms with E-state index in [4.69, 9.17) is 4.52 Å². The molecule has 0 aliphatic heterocycles. The van der Waals surface area contributed by atoms with E-state index in [0.29, 0.717) is 6.61 Å². The molecule has 0 bridgehead atoms. The summed E-state index contributed by atoms with van der Waals surface area (Å²) in [6.07, 6.45) is 0. The lowest BCUT2D eigenvalue weighted by atomic mass is 10.4. The predicted octanol–water partition coefficient (Wildman–Crippen LogP) is 4.02. The Morgan fingerprint density at radius 2 is 1.82 bits per heavy atom. The summed E-state index contributed by atoms with van der Waals surface area (Å²) in [4.78, 5) is 0.804. The highest BCUT2D eigenvalue weighted by atomic mass is 31.2. The standard InChI is InChI=1S/C13H21O2PSi/c1-6-15-16(14,12(2)17(3,4)5)13-10-8-7-9-11-13/h7-11H,2,6H2,1,3-5H3. The lowest BCUT2D eigenvalue weighted by molar-refractivity contribution is 0.346. The van der Waals surface area contributed by atoms with Crippen molar-refractivity contribution >= 4 is 20.7 Å². The van der Waals surface area contributed by atoms with Crippen LogP contribution in [0.25, 0.3) is 0 Å². The van der Waals surface area contributed by atoms with Gasteiger partial charge in [-0.2, -0.15) is 0 Å². The molecule has 0 aliphatic rings. The predicted molar refractivity (Wildman–Crippen MR) is 77.8 cm³/mol. The van der Waals surface area contributed by atoms with Gasteiger partial charge in [-0.25, -0.2) is 0 Å². The third kappa shape index (κ3) is 3.18. The summed E-state index contributed by atoms with van der Waals surface area (Å²) in [6.45, 7) is 12.8. The molecule has 1 rings (SSSR count). The van der Waals surface area contributed by atoms with Crippen LogP contribution in [-0.2, 0) is 9.09 Å². The van der Waals surface area contributed by atoms with Crippen molar-refractivity contribution in [1.82, 2.24) is 0 Å². The van der Waals surface area contributed by atoms with Gasteiger partial charge in [0.05, 0.1) is 14.7 Å². The molecular weight excluding hydrogens is 247 g/mol. The van der Waals surface area contributed by atoms with E-state index in [1.165, 1.54) is 0 Å². The van der Waals surface area contributed by atoms with Crippen LogP contribution in [0, 0.1) is 0 Å². The van der Waals surface area contributed by atoms with Gasteiger partial charge < -0.3 is 4.52 Å². The lowest BCUT2D eigenvalue weighted by Crippen LogP contribution is -2.27. The average molecular weight is 268 g/mol. The van der Waals surface area contributed by atoms with E-state index in [1.807, 2.05) is 37.3 Å². The topological polar surface area (TPSA) is 26.3 Å². The largest absolute Gasteiger partial charge is 0.323 e. The van der Waals surface area contributed by atoms with Gasteiger partial charge in [-0.3, -0.25) is 4.57 Å². The number of rotatable bonds is 5. The van der Waals surface area contributed by atoms with Crippen molar-refractivity contribution in [2.75, 3.05) is 6.61 Å². The Kier molecular flexibility index (Phi) is 4.53. The minimum absolute atomic E-state index is 0.440. The number of hydrogen-bond acceptors (Lipinski definition) is 2. The van der Waals surface area contributed by atoms with Crippen molar-refractivity contribution < 1.29 is 9.09 Å². The smallest absolute Gasteiger partial charge is 0.252 e. The molecule has 1 aromatic carbocycles. The van der Waals surface area contributed by atoms with Gasteiger partial charge >= 0.3 is 0 Å². The van der Waals surface area contributed by atoms with Crippen LogP contribution in [0.5, 0.6) is 0 Å². The quantitative estimate of drug-likeness (QED) is 0.595. The van der Waals surface area contributed by atoms with Crippen LogP contribution in [0.1, 0.15) is 6.92 Å². The third-order valence-electron chi connectivity index (χ3n) is 2.63. The molecule has 0 aliphatic carbocycles. The number of benzene rings is 1. The van der Waals surface area contributed by atoms with Crippen LogP contribution in [0.4, 0.5) is 0 Å². The highest BCUT2D eigenvalue weighted by molar-refractivity contribution is 7.74. The summed E-state index contributed by atoms with van der Waals surface area (Å²) < 4.78 is 18.7. The normalized spacial score (nSPS) is 15.3. The fourth-order valence-corrected chi connectivity index (χ4v) is 7.21. The maximum Gasteiger partial charge on any atom is 0.252 e. The molecule has 94 valence electrons. The van der Waals surface area contributed by atoms with E-state index in [9.17, 15) is 4.57 Å². The molecule has 0 heterocycles. The molecule has 0 saturated heterocycles. The zero-order valence-electron chi connectivity index (χ0n) is 11.1. The molecule has 0 fully saturated rings. The molecule has 2 nitrogen and oxygen atoms in total. The molecule has 0 saturated carbocycles. The molecule has 17 heavy (non-hydrogen) atoms. The summed E-state index contributed by atoms with van der Waals surface area (Å²) in [7, 11) is -4.62. The van der Waals surface area contributed by atoms with Gasteiger partial charge in [0.2, 0.25) is 0 Å². The second kappa shape index (κ2) is 5.34. The molecule has 0 amide bonds. The van der Waals surface area contributed by atoms with Crippen LogP contribution in [0.3, 0.4) is 0 Å². The van der Waals surface area contributed by atoms with E-state index in [-0.39, 0.29) is 0 Å². The highest BCUT2D eigenvalue weighted by Gasteiger charge is 2.36. The SMILES string of the molecule is C=C([Si](C)(C)C)P(=O)(OCC)c1ccccc1. The molecule has 1 aromatic rings. The minimum atomic E-state index is -2.92. The Bertz CT molecular complexity index is 434. The van der Waals surface area contributed by atoms with E-state index in [0.717, 1.165) is 10.2 Å². The fourth-order valence-electron chi connectivity index (χ4n) is 1.56. The first-order valence-corrected chi connectivity index (χ1v) is 10.9. The molecule has 0 N–H and O–H groups in total. The Morgan fingerprint density at radius 3 is 2.24 bits per heavy atom. The lowest BCUT2D eigenvalue weighted by Gasteiger charge is -2.28. The van der Waals surface area contributed by atoms with Gasteiger partial charge in [-0.15, -0.1) is 0 Å². The first kappa shape index (κ1) is 14.4. The zero-order chi connectivity index (χ0) is 13.1. The van der Waals surface area contributed by atoms with Crippen LogP contribution in [0.15, 0.2) is 41.8 Å². The van der Waals surface area contributed by atoms with Crippen molar-refractivity contribution in [3.63, 3.8) is 0 Å². The van der Waals surface area contributed by atoms with Gasteiger partial charge in [0, 0.05) is 5.30 Å². The van der Waals surface area contributed by atoms with Crippen molar-refractivity contribution in [3.05, 3.63) is 41.8 Å². The van der Waals surface area contributed by atoms with E-state index in [2.05, 4.69) is 26.2 Å². The van der Waals surface area contributed by atoms with E-state index < -0.39 is 15.4 Å². The minimum Gasteiger partial charge on any atom is -0.323 e. The fraction of sp³-hybridized carbons (Fsp3) is 0.385. The van der Waals surface area contributed by atoms with Crippen LogP contribution < -0.4 is 5.30 Å². The summed E-state index contributed by atoms with van der Waals surface area (Å²) in [6, 6.07) is 9.41. The van der Waals surface area contributed by atoms with E-state index in [1.54, 1.807) is 0 Å². The van der Waals surface area contributed by atoms with Gasteiger partial charge in [-0.05, 0) is 24.0 Å². The van der Waals surface area contributed by atoms with Gasteiger partial charge in [0.1, 0.15) is 0 Å². The summed E-state index contributed by atoms with van der Waals surface area (Å²) >= 11 is 0. The summed E-state index contributed by atoms with van der Waals surface area (Å²) in [5, 5.41) is 0.759. The summed E-state index contributed by atoms with van der Waals surface area (Å²) in [5.74, 6) is 0. The summed E-state index contributed by atoms with van der Waals surface area (Å²) in [5.41, 5.74) is 0. The molecule has 0 radical (unpaired) electrons. The molecule has 1 atom stereocenters. The Morgan fingerprint density at radius 1 is 1.29 bits per heavy atom. The van der Waals surface area contributed by atoms with Gasteiger partial charge in [0.15, 0.2) is 0 Å². The zero-order valence-corrected chi connectivity index (χ0v) is 13.0. The highest BCUT2D eigenvalue weighted by Crippen LogP contribution is 2.56. The molecular formula is C13H21O2PSi. The number of hydrogen-bond donors (Lipinski definition) is 0. The molecule has 4 heteroatoms. The Balaban J connectivity index is 3.25. The van der Waals surface area contributed by atoms with Crippen molar-refractivity contribution in [2.45, 2.75) is 26.6 Å². The van der Waals surface area contributed by atoms with Gasteiger partial charge in [0.25, 0.3) is 7.37 Å². The maximum atomic E-state index is 13.1. The monoisotopic (exact) mass is 268 g/mol. The van der Waals surface area contributed by atoms with E-state index >= 15 is 0 Å². The molecule has 0 aromatic heterocycles. The third-order valence-corrected chi connectivity index (χ3v) is 9.57. The van der Waals surface area contributed by atoms with Gasteiger partial charge in [-0.1, -0.05) is 44.4 Å². The van der Waals surface area contributed by atoms with Crippen molar-refractivity contribution in [2.24, 2.45) is 0 Å². The maximum absolute atomic E-state index is 13.1. The first-order chi connectivity index (χ1) is 7.82. The average Bonchev–Trinajstić information content (AvgIpc) is 2.28. The molecule has 1 unspecified atom stereocenters. The Labute approximate surface area is 105 Å². The van der Waals surface area contributed by atoms with Crippen LogP contribution in [-0.4, -0.2) is 14.7 Å². The Hall–Kier alpha value is -0.633. The first-order valence-electron chi connectivity index (χ1n) is 5.82. The second-order valence-corrected chi connectivity index (χ2v) is 12.9. The van der Waals surface area contributed by atoms with Crippen molar-refractivity contribution in [1.29, 1.82) is 0 Å².